The minimum absolute atomic E-state index is 0.212. The van der Waals surface area contributed by atoms with Crippen molar-refractivity contribution in [1.29, 1.82) is 0 Å². The number of aromatic nitrogens is 3. The fourth-order valence-corrected chi connectivity index (χ4v) is 1.86. The molecule has 0 aliphatic rings. The van der Waals surface area contributed by atoms with Crippen molar-refractivity contribution in [2.45, 2.75) is 0 Å². The molecule has 6 nitrogen and oxygen atoms in total. The van der Waals surface area contributed by atoms with Crippen LogP contribution < -0.4 is 10.1 Å². The predicted octanol–water partition coefficient (Wildman–Crippen LogP) is 1.99. The van der Waals surface area contributed by atoms with E-state index in [2.05, 4.69) is 15.4 Å². The number of hydrogen-bond acceptors (Lipinski definition) is 4. The lowest BCUT2D eigenvalue weighted by Gasteiger charge is -2.07. The lowest BCUT2D eigenvalue weighted by atomic mass is 10.2. The Kier molecular flexibility index (Phi) is 3.04. The summed E-state index contributed by atoms with van der Waals surface area (Å²) in [5.74, 6) is 1.07. The Morgan fingerprint density at radius 1 is 1.15 bits per heavy atom. The van der Waals surface area contributed by atoms with E-state index in [1.54, 1.807) is 60.4 Å². The number of nitrogens with one attached hydrogen (secondary N) is 1. The summed E-state index contributed by atoms with van der Waals surface area (Å²) in [5.41, 5.74) is 1.22. The second kappa shape index (κ2) is 5.00. The summed E-state index contributed by atoms with van der Waals surface area (Å²) in [4.78, 5) is 16.3. The second-order valence-electron chi connectivity index (χ2n) is 4.11. The van der Waals surface area contributed by atoms with Gasteiger partial charge in [-0.05, 0) is 30.3 Å². The molecule has 20 heavy (non-hydrogen) atoms. The summed E-state index contributed by atoms with van der Waals surface area (Å²) >= 11 is 0. The number of rotatable bonds is 3. The molecule has 0 unspecified atom stereocenters. The molecule has 0 fully saturated rings. The molecule has 0 aliphatic carbocycles. The Bertz CT molecular complexity index is 749. The summed E-state index contributed by atoms with van der Waals surface area (Å²) in [6.07, 6.45) is 3.26. The maximum absolute atomic E-state index is 12.2. The number of benzene rings is 1. The number of fused-ring (bicyclic) bond motifs is 1. The SMILES string of the molecule is COc1ccc(C(=O)Nc2ccnc3ccnn23)cc1. The van der Waals surface area contributed by atoms with Crippen molar-refractivity contribution in [1.82, 2.24) is 14.6 Å². The molecule has 1 amide bonds. The highest BCUT2D eigenvalue weighted by atomic mass is 16.5. The molecule has 0 bridgehead atoms. The third kappa shape index (κ3) is 2.18. The Balaban J connectivity index is 1.86. The van der Waals surface area contributed by atoms with Crippen LogP contribution in [0.3, 0.4) is 0 Å². The molecular weight excluding hydrogens is 256 g/mol. The van der Waals surface area contributed by atoms with Gasteiger partial charge in [0.1, 0.15) is 11.6 Å². The van der Waals surface area contributed by atoms with E-state index in [1.165, 1.54) is 0 Å². The minimum atomic E-state index is -0.212. The third-order valence-electron chi connectivity index (χ3n) is 2.88. The first-order valence-corrected chi connectivity index (χ1v) is 6.02. The normalized spacial score (nSPS) is 10.4. The maximum atomic E-state index is 12.2. The van der Waals surface area contributed by atoms with Crippen molar-refractivity contribution >= 4 is 17.4 Å². The number of nitrogens with zero attached hydrogens (tertiary/aromatic N) is 3. The van der Waals surface area contributed by atoms with Gasteiger partial charge in [-0.1, -0.05) is 0 Å². The van der Waals surface area contributed by atoms with E-state index in [1.807, 2.05) is 0 Å². The van der Waals surface area contributed by atoms with Gasteiger partial charge in [0, 0.05) is 17.8 Å². The lowest BCUT2D eigenvalue weighted by Crippen LogP contribution is -2.14. The van der Waals surface area contributed by atoms with Crippen molar-refractivity contribution in [3.8, 4) is 5.75 Å². The molecule has 0 aliphatic heterocycles. The molecule has 1 N–H and O–H groups in total. The highest BCUT2D eigenvalue weighted by Gasteiger charge is 2.09. The number of hydrogen-bond donors (Lipinski definition) is 1. The van der Waals surface area contributed by atoms with Gasteiger partial charge < -0.3 is 10.1 Å². The molecule has 3 rings (SSSR count). The van der Waals surface area contributed by atoms with Gasteiger partial charge in [-0.15, -0.1) is 0 Å². The van der Waals surface area contributed by atoms with Crippen LogP contribution in [-0.4, -0.2) is 27.6 Å². The van der Waals surface area contributed by atoms with Gasteiger partial charge in [0.2, 0.25) is 0 Å². The molecule has 1 aromatic carbocycles. The number of methoxy groups -OCH3 is 1. The van der Waals surface area contributed by atoms with Crippen LogP contribution in [0.5, 0.6) is 5.75 Å². The van der Waals surface area contributed by atoms with Crippen LogP contribution in [0.1, 0.15) is 10.4 Å². The van der Waals surface area contributed by atoms with Crippen LogP contribution in [-0.2, 0) is 0 Å². The lowest BCUT2D eigenvalue weighted by molar-refractivity contribution is 0.102. The molecule has 0 spiro atoms. The first kappa shape index (κ1) is 12.2. The maximum Gasteiger partial charge on any atom is 0.256 e. The predicted molar refractivity (Wildman–Crippen MR) is 73.9 cm³/mol. The van der Waals surface area contributed by atoms with E-state index in [9.17, 15) is 4.79 Å². The third-order valence-corrected chi connectivity index (χ3v) is 2.88. The van der Waals surface area contributed by atoms with Gasteiger partial charge in [-0.3, -0.25) is 4.79 Å². The quantitative estimate of drug-likeness (QED) is 0.788. The standard InChI is InChI=1S/C14H12N4O2/c1-20-11-4-2-10(3-5-11)14(19)17-13-6-8-15-12-7-9-16-18(12)13/h2-9H,1H3,(H,17,19). The van der Waals surface area contributed by atoms with Crippen molar-refractivity contribution < 1.29 is 9.53 Å². The fourth-order valence-electron chi connectivity index (χ4n) is 1.86. The summed E-state index contributed by atoms with van der Waals surface area (Å²) < 4.78 is 6.63. The van der Waals surface area contributed by atoms with Gasteiger partial charge in [0.25, 0.3) is 5.91 Å². The van der Waals surface area contributed by atoms with Gasteiger partial charge in [-0.2, -0.15) is 9.61 Å². The number of carbonyl (C=O) groups excluding carboxylic acids is 1. The Morgan fingerprint density at radius 3 is 2.70 bits per heavy atom. The molecular formula is C14H12N4O2. The highest BCUT2D eigenvalue weighted by molar-refractivity contribution is 6.03. The summed E-state index contributed by atoms with van der Waals surface area (Å²) in [5, 5.41) is 6.92. The van der Waals surface area contributed by atoms with Crippen LogP contribution in [0.2, 0.25) is 0 Å². The molecule has 2 aromatic heterocycles. The second-order valence-corrected chi connectivity index (χ2v) is 4.11. The van der Waals surface area contributed by atoms with E-state index >= 15 is 0 Å². The summed E-state index contributed by atoms with van der Waals surface area (Å²) in [6.45, 7) is 0. The average molecular weight is 268 g/mol. The Morgan fingerprint density at radius 2 is 1.95 bits per heavy atom. The van der Waals surface area contributed by atoms with E-state index < -0.39 is 0 Å². The Hall–Kier alpha value is -2.89. The Labute approximate surface area is 115 Å². The number of carbonyl (C=O) groups is 1. The van der Waals surface area contributed by atoms with Crippen LogP contribution in [0, 0.1) is 0 Å². The number of amides is 1. The first-order valence-electron chi connectivity index (χ1n) is 6.02. The fraction of sp³-hybridized carbons (Fsp3) is 0.0714. The van der Waals surface area contributed by atoms with Crippen LogP contribution in [0.15, 0.2) is 48.8 Å². The molecule has 0 saturated heterocycles. The zero-order chi connectivity index (χ0) is 13.9. The van der Waals surface area contributed by atoms with Crippen molar-refractivity contribution in [3.63, 3.8) is 0 Å². The van der Waals surface area contributed by atoms with E-state index in [0.29, 0.717) is 22.8 Å². The molecule has 3 aromatic rings. The smallest absolute Gasteiger partial charge is 0.256 e. The largest absolute Gasteiger partial charge is 0.497 e. The van der Waals surface area contributed by atoms with Crippen LogP contribution in [0.4, 0.5) is 5.82 Å². The topological polar surface area (TPSA) is 68.5 Å². The van der Waals surface area contributed by atoms with Gasteiger partial charge in [-0.25, -0.2) is 4.98 Å². The van der Waals surface area contributed by atoms with E-state index in [0.717, 1.165) is 0 Å². The van der Waals surface area contributed by atoms with Crippen molar-refractivity contribution in [2.24, 2.45) is 0 Å². The van der Waals surface area contributed by atoms with E-state index in [-0.39, 0.29) is 5.91 Å². The zero-order valence-electron chi connectivity index (χ0n) is 10.8. The van der Waals surface area contributed by atoms with Crippen molar-refractivity contribution in [2.75, 3.05) is 12.4 Å². The number of ether oxygens (including phenoxy) is 1. The average Bonchev–Trinajstić information content (AvgIpc) is 2.97. The van der Waals surface area contributed by atoms with Gasteiger partial charge in [0.15, 0.2) is 5.65 Å². The molecule has 0 radical (unpaired) electrons. The molecule has 0 atom stereocenters. The van der Waals surface area contributed by atoms with Crippen molar-refractivity contribution in [3.05, 3.63) is 54.4 Å². The van der Waals surface area contributed by atoms with Gasteiger partial charge >= 0.3 is 0 Å². The summed E-state index contributed by atoms with van der Waals surface area (Å²) in [6, 6.07) is 10.4. The van der Waals surface area contributed by atoms with Crippen LogP contribution in [0.25, 0.3) is 5.65 Å². The zero-order valence-corrected chi connectivity index (χ0v) is 10.8. The minimum Gasteiger partial charge on any atom is -0.497 e. The van der Waals surface area contributed by atoms with Gasteiger partial charge in [0.05, 0.1) is 13.3 Å². The first-order chi connectivity index (χ1) is 9.78. The highest BCUT2D eigenvalue weighted by Crippen LogP contribution is 2.14. The molecule has 0 saturated carbocycles. The number of anilines is 1. The van der Waals surface area contributed by atoms with Crippen LogP contribution >= 0.6 is 0 Å². The molecule has 6 heteroatoms. The molecule has 100 valence electrons. The molecule has 2 heterocycles. The summed E-state index contributed by atoms with van der Waals surface area (Å²) in [7, 11) is 1.58. The monoisotopic (exact) mass is 268 g/mol. The van der Waals surface area contributed by atoms with E-state index in [4.69, 9.17) is 4.74 Å².